The molecular weight excluding hydrogens is 472 g/mol. The predicted molar refractivity (Wildman–Crippen MR) is 122 cm³/mol. The van der Waals surface area contributed by atoms with Gasteiger partial charge in [-0.05, 0) is 48.7 Å². The Balaban J connectivity index is 0.00000392. The number of nitrogens with one attached hydrogen (secondary N) is 2. The molecule has 0 spiro atoms. The lowest BCUT2D eigenvalue weighted by Crippen LogP contribution is -2.38. The maximum atomic E-state index is 12.9. The van der Waals surface area contributed by atoms with Gasteiger partial charge in [0.25, 0.3) is 0 Å². The molecule has 0 aliphatic rings. The summed E-state index contributed by atoms with van der Waals surface area (Å²) in [6.07, 6.45) is 0.872. The Kier molecular flexibility index (Phi) is 12.2. The molecule has 0 fully saturated rings. The number of hydrogen-bond acceptors (Lipinski definition) is 3. The number of guanidine groups is 1. The monoisotopic (exact) mass is 501 g/mol. The number of rotatable bonds is 10. The summed E-state index contributed by atoms with van der Waals surface area (Å²) in [6.45, 7) is 5.32. The first-order valence-corrected chi connectivity index (χ1v) is 9.18. The Bertz CT molecular complexity index is 694. The highest BCUT2D eigenvalue weighted by molar-refractivity contribution is 14.0. The average molecular weight is 501 g/mol. The number of aliphatic imine (C=N–C) groups is 1. The Hall–Kier alpha value is -1.87. The summed E-state index contributed by atoms with van der Waals surface area (Å²) in [5.74, 6) is 1.36. The quantitative estimate of drug-likeness (QED) is 0.223. The van der Waals surface area contributed by atoms with E-state index in [0.29, 0.717) is 19.8 Å². The molecule has 0 saturated heterocycles. The van der Waals surface area contributed by atoms with Crippen molar-refractivity contribution in [1.29, 1.82) is 0 Å². The maximum Gasteiger partial charge on any atom is 0.191 e. The van der Waals surface area contributed by atoms with E-state index in [4.69, 9.17) is 9.47 Å². The van der Waals surface area contributed by atoms with Crippen molar-refractivity contribution in [2.75, 3.05) is 26.8 Å². The molecule has 5 nitrogen and oxygen atoms in total. The van der Waals surface area contributed by atoms with Gasteiger partial charge in [0.15, 0.2) is 5.96 Å². The molecule has 0 radical (unpaired) electrons. The average Bonchev–Trinajstić information content (AvgIpc) is 2.70. The minimum atomic E-state index is -0.234. The van der Waals surface area contributed by atoms with E-state index in [-0.39, 0.29) is 29.8 Å². The lowest BCUT2D eigenvalue weighted by atomic mass is 10.2. The zero-order valence-corrected chi connectivity index (χ0v) is 18.7. The van der Waals surface area contributed by atoms with Gasteiger partial charge in [-0.1, -0.05) is 24.3 Å². The van der Waals surface area contributed by atoms with Gasteiger partial charge in [0.05, 0.1) is 20.3 Å². The lowest BCUT2D eigenvalue weighted by molar-refractivity contribution is 0.119. The smallest absolute Gasteiger partial charge is 0.191 e. The largest absolute Gasteiger partial charge is 0.497 e. The zero-order chi connectivity index (χ0) is 19.3. The van der Waals surface area contributed by atoms with Crippen LogP contribution in [0.5, 0.6) is 5.75 Å². The molecule has 2 aromatic carbocycles. The van der Waals surface area contributed by atoms with Crippen LogP contribution in [0.1, 0.15) is 24.5 Å². The van der Waals surface area contributed by atoms with Crippen LogP contribution in [0.15, 0.2) is 53.5 Å². The van der Waals surface area contributed by atoms with Crippen molar-refractivity contribution in [1.82, 2.24) is 10.6 Å². The molecule has 28 heavy (non-hydrogen) atoms. The van der Waals surface area contributed by atoms with Crippen molar-refractivity contribution >= 4 is 29.9 Å². The highest BCUT2D eigenvalue weighted by atomic mass is 127. The van der Waals surface area contributed by atoms with E-state index >= 15 is 0 Å². The van der Waals surface area contributed by atoms with Crippen molar-refractivity contribution in [3.05, 3.63) is 65.5 Å². The van der Waals surface area contributed by atoms with Crippen molar-refractivity contribution < 1.29 is 13.9 Å². The minimum Gasteiger partial charge on any atom is -0.497 e. The van der Waals surface area contributed by atoms with Gasteiger partial charge >= 0.3 is 0 Å². The second-order valence-corrected chi connectivity index (χ2v) is 6.00. The zero-order valence-electron chi connectivity index (χ0n) is 16.4. The van der Waals surface area contributed by atoms with Crippen LogP contribution < -0.4 is 15.4 Å². The van der Waals surface area contributed by atoms with Crippen LogP contribution in [0.3, 0.4) is 0 Å². The minimum absolute atomic E-state index is 0. The molecular formula is C21H29FIN3O2. The topological polar surface area (TPSA) is 54.9 Å². The van der Waals surface area contributed by atoms with E-state index in [1.54, 1.807) is 19.2 Å². The molecule has 154 valence electrons. The van der Waals surface area contributed by atoms with E-state index in [1.165, 1.54) is 12.1 Å². The fraction of sp³-hybridized carbons (Fsp3) is 0.381. The van der Waals surface area contributed by atoms with Gasteiger partial charge in [0, 0.05) is 19.7 Å². The normalized spacial score (nSPS) is 10.9. The molecule has 0 aliphatic heterocycles. The highest BCUT2D eigenvalue weighted by Gasteiger charge is 1.99. The molecule has 0 heterocycles. The summed E-state index contributed by atoms with van der Waals surface area (Å²) in [6, 6.07) is 14.3. The molecule has 0 aliphatic carbocycles. The van der Waals surface area contributed by atoms with E-state index in [2.05, 4.69) is 15.6 Å². The third kappa shape index (κ3) is 9.36. The molecule has 0 amide bonds. The summed E-state index contributed by atoms with van der Waals surface area (Å²) >= 11 is 0. The summed E-state index contributed by atoms with van der Waals surface area (Å²) in [5, 5.41) is 6.49. The van der Waals surface area contributed by atoms with E-state index in [0.717, 1.165) is 42.3 Å². The fourth-order valence-electron chi connectivity index (χ4n) is 2.39. The molecule has 0 unspecified atom stereocenters. The molecule has 0 atom stereocenters. The number of methoxy groups -OCH3 is 1. The summed E-state index contributed by atoms with van der Waals surface area (Å²) in [5.41, 5.74) is 2.09. The lowest BCUT2D eigenvalue weighted by Gasteiger charge is -2.11. The fourth-order valence-corrected chi connectivity index (χ4v) is 2.39. The predicted octanol–water partition coefficient (Wildman–Crippen LogP) is 4.11. The van der Waals surface area contributed by atoms with Gasteiger partial charge in [-0.15, -0.1) is 24.0 Å². The first-order chi connectivity index (χ1) is 13.2. The molecule has 0 aromatic heterocycles. The van der Waals surface area contributed by atoms with Crippen LogP contribution in [0.25, 0.3) is 0 Å². The van der Waals surface area contributed by atoms with Gasteiger partial charge in [-0.2, -0.15) is 0 Å². The van der Waals surface area contributed by atoms with Gasteiger partial charge in [0.2, 0.25) is 0 Å². The van der Waals surface area contributed by atoms with Gasteiger partial charge in [0.1, 0.15) is 11.6 Å². The number of hydrogen-bond donors (Lipinski definition) is 2. The molecule has 7 heteroatoms. The maximum absolute atomic E-state index is 12.9. The summed E-state index contributed by atoms with van der Waals surface area (Å²) in [7, 11) is 1.66. The number of ether oxygens (including phenoxy) is 2. The van der Waals surface area contributed by atoms with Gasteiger partial charge in [-0.25, -0.2) is 9.38 Å². The Morgan fingerprint density at radius 3 is 2.32 bits per heavy atom. The van der Waals surface area contributed by atoms with Crippen LogP contribution in [-0.2, 0) is 17.9 Å². The van der Waals surface area contributed by atoms with E-state index < -0.39 is 0 Å². The Labute approximate surface area is 183 Å². The summed E-state index contributed by atoms with van der Waals surface area (Å²) < 4.78 is 23.8. The summed E-state index contributed by atoms with van der Waals surface area (Å²) in [4.78, 5) is 4.51. The first-order valence-electron chi connectivity index (χ1n) is 9.18. The van der Waals surface area contributed by atoms with Crippen LogP contribution in [0.2, 0.25) is 0 Å². The number of nitrogens with zero attached hydrogens (tertiary/aromatic N) is 1. The van der Waals surface area contributed by atoms with E-state index in [1.807, 2.05) is 31.2 Å². The molecule has 0 saturated carbocycles. The SMILES string of the molecule is CCNC(=NCc1ccc(F)cc1)NCCCOCc1ccc(OC)cc1.I. The van der Waals surface area contributed by atoms with Crippen molar-refractivity contribution in [3.8, 4) is 5.75 Å². The first kappa shape index (κ1) is 24.2. The number of benzene rings is 2. The Morgan fingerprint density at radius 2 is 1.68 bits per heavy atom. The van der Waals surface area contributed by atoms with Crippen molar-refractivity contribution in [3.63, 3.8) is 0 Å². The van der Waals surface area contributed by atoms with Crippen LogP contribution in [0.4, 0.5) is 4.39 Å². The second kappa shape index (κ2) is 14.2. The van der Waals surface area contributed by atoms with Crippen LogP contribution in [0, 0.1) is 5.82 Å². The van der Waals surface area contributed by atoms with Gasteiger partial charge in [-0.3, -0.25) is 0 Å². The van der Waals surface area contributed by atoms with Gasteiger partial charge < -0.3 is 20.1 Å². The van der Waals surface area contributed by atoms with E-state index in [9.17, 15) is 4.39 Å². The molecule has 2 N–H and O–H groups in total. The second-order valence-electron chi connectivity index (χ2n) is 6.00. The van der Waals surface area contributed by atoms with Crippen LogP contribution in [-0.4, -0.2) is 32.8 Å². The number of halogens is 2. The molecule has 2 rings (SSSR count). The standard InChI is InChI=1S/C21H28FN3O2.HI/c1-3-23-21(25-15-17-5-9-19(22)10-6-17)24-13-4-14-27-16-18-7-11-20(26-2)12-8-18;/h5-12H,3-4,13-16H2,1-2H3,(H2,23,24,25);1H. The molecule has 2 aromatic rings. The van der Waals surface area contributed by atoms with Crippen LogP contribution >= 0.6 is 24.0 Å². The third-order valence-electron chi connectivity index (χ3n) is 3.86. The molecule has 0 bridgehead atoms. The highest BCUT2D eigenvalue weighted by Crippen LogP contribution is 2.11. The van der Waals surface area contributed by atoms with Crippen molar-refractivity contribution in [2.45, 2.75) is 26.5 Å². The Morgan fingerprint density at radius 1 is 1.00 bits per heavy atom. The third-order valence-corrected chi connectivity index (χ3v) is 3.86. The van der Waals surface area contributed by atoms with Crippen molar-refractivity contribution in [2.24, 2.45) is 4.99 Å².